The molecule has 0 bridgehead atoms. The Morgan fingerprint density at radius 1 is 1.11 bits per heavy atom. The number of anilines is 3. The Hall–Kier alpha value is -3.16. The minimum atomic E-state index is -0.644. The number of hydrogen-bond acceptors (Lipinski definition) is 6. The Bertz CT molecular complexity index is 786. The Labute approximate surface area is 165 Å². The first-order valence-corrected chi connectivity index (χ1v) is 9.40. The molecule has 28 heavy (non-hydrogen) atoms. The maximum atomic E-state index is 12.1. The van der Waals surface area contributed by atoms with Crippen molar-refractivity contribution >= 4 is 29.0 Å². The maximum absolute atomic E-state index is 12.1. The van der Waals surface area contributed by atoms with Gasteiger partial charge in [0.15, 0.2) is 0 Å². The second kappa shape index (κ2) is 9.16. The quantitative estimate of drug-likeness (QED) is 0.762. The van der Waals surface area contributed by atoms with Gasteiger partial charge in [-0.3, -0.25) is 14.6 Å². The van der Waals surface area contributed by atoms with Gasteiger partial charge >= 0.3 is 11.8 Å². The van der Waals surface area contributed by atoms with Crippen LogP contribution in [0.25, 0.3) is 0 Å². The first kappa shape index (κ1) is 19.6. The third kappa shape index (κ3) is 5.18. The van der Waals surface area contributed by atoms with Crippen LogP contribution in [-0.2, 0) is 9.59 Å². The second-order valence-electron chi connectivity index (χ2n) is 7.10. The topological polar surface area (TPSA) is 90.5 Å². The highest BCUT2D eigenvalue weighted by Gasteiger charge is 2.22. The molecular weight excluding hydrogens is 356 g/mol. The van der Waals surface area contributed by atoms with Gasteiger partial charge in [-0.1, -0.05) is 0 Å². The number of carbonyl (C=O) groups excluding carboxylic acids is 2. The molecule has 2 N–H and O–H groups in total. The highest BCUT2D eigenvalue weighted by molar-refractivity contribution is 6.39. The smallest absolute Gasteiger partial charge is 0.313 e. The predicted octanol–water partition coefficient (Wildman–Crippen LogP) is 1.51. The highest BCUT2D eigenvalue weighted by Crippen LogP contribution is 2.20. The summed E-state index contributed by atoms with van der Waals surface area (Å²) in [6.45, 7) is 2.23. The summed E-state index contributed by atoms with van der Waals surface area (Å²) in [5.74, 6) is -0.0173. The molecule has 1 fully saturated rings. The molecule has 0 atom stereocenters. The van der Waals surface area contributed by atoms with E-state index in [1.165, 1.54) is 0 Å². The van der Waals surface area contributed by atoms with Crippen molar-refractivity contribution in [1.29, 1.82) is 0 Å². The summed E-state index contributed by atoms with van der Waals surface area (Å²) in [4.78, 5) is 36.7. The van der Waals surface area contributed by atoms with E-state index in [4.69, 9.17) is 0 Å². The van der Waals surface area contributed by atoms with Gasteiger partial charge in [-0.05, 0) is 43.0 Å². The van der Waals surface area contributed by atoms with Crippen molar-refractivity contribution in [2.24, 2.45) is 5.92 Å². The molecular formula is C20H26N6O2. The van der Waals surface area contributed by atoms with Crippen LogP contribution in [0, 0.1) is 5.92 Å². The molecule has 0 spiro atoms. The lowest BCUT2D eigenvalue weighted by Crippen LogP contribution is -2.42. The molecule has 1 saturated heterocycles. The van der Waals surface area contributed by atoms with Gasteiger partial charge < -0.3 is 20.4 Å². The Balaban J connectivity index is 1.41. The molecule has 2 heterocycles. The summed E-state index contributed by atoms with van der Waals surface area (Å²) in [5, 5.41) is 5.38. The number of amides is 2. The first-order valence-electron chi connectivity index (χ1n) is 9.40. The van der Waals surface area contributed by atoms with Gasteiger partial charge in [0.25, 0.3) is 0 Å². The van der Waals surface area contributed by atoms with Crippen LogP contribution in [0.15, 0.2) is 42.9 Å². The zero-order valence-electron chi connectivity index (χ0n) is 16.3. The van der Waals surface area contributed by atoms with Crippen LogP contribution in [0.2, 0.25) is 0 Å². The van der Waals surface area contributed by atoms with Gasteiger partial charge in [-0.15, -0.1) is 0 Å². The van der Waals surface area contributed by atoms with E-state index in [9.17, 15) is 9.59 Å². The van der Waals surface area contributed by atoms with Gasteiger partial charge in [0.05, 0.1) is 6.20 Å². The van der Waals surface area contributed by atoms with Crippen LogP contribution in [-0.4, -0.2) is 55.5 Å². The van der Waals surface area contributed by atoms with E-state index in [1.807, 2.05) is 31.1 Å². The summed E-state index contributed by atoms with van der Waals surface area (Å²) in [6, 6.07) is 7.34. The molecule has 0 saturated carbocycles. The lowest BCUT2D eigenvalue weighted by atomic mass is 9.97. The zero-order valence-corrected chi connectivity index (χ0v) is 16.3. The average Bonchev–Trinajstić information content (AvgIpc) is 2.73. The Kier molecular flexibility index (Phi) is 6.41. The van der Waals surface area contributed by atoms with Crippen molar-refractivity contribution in [2.45, 2.75) is 12.8 Å². The Morgan fingerprint density at radius 2 is 1.82 bits per heavy atom. The molecule has 8 heteroatoms. The summed E-state index contributed by atoms with van der Waals surface area (Å²) in [5.41, 5.74) is 1.62. The molecule has 1 aliphatic rings. The van der Waals surface area contributed by atoms with Crippen molar-refractivity contribution in [3.05, 3.63) is 42.9 Å². The van der Waals surface area contributed by atoms with Crippen molar-refractivity contribution < 1.29 is 9.59 Å². The van der Waals surface area contributed by atoms with Crippen molar-refractivity contribution in [2.75, 3.05) is 48.8 Å². The molecule has 148 valence electrons. The predicted molar refractivity (Wildman–Crippen MR) is 109 cm³/mol. The molecule has 1 aromatic carbocycles. The van der Waals surface area contributed by atoms with E-state index in [2.05, 4.69) is 25.5 Å². The van der Waals surface area contributed by atoms with Crippen LogP contribution in [0.5, 0.6) is 0 Å². The number of benzene rings is 1. The number of nitrogens with zero attached hydrogens (tertiary/aromatic N) is 4. The van der Waals surface area contributed by atoms with Crippen LogP contribution in [0.3, 0.4) is 0 Å². The molecule has 0 aliphatic carbocycles. The van der Waals surface area contributed by atoms with Crippen LogP contribution in [0.1, 0.15) is 12.8 Å². The molecule has 8 nitrogen and oxygen atoms in total. The number of hydrogen-bond donors (Lipinski definition) is 2. The first-order chi connectivity index (χ1) is 13.5. The lowest BCUT2D eigenvalue weighted by molar-refractivity contribution is -0.136. The fraction of sp³-hybridized carbons (Fsp3) is 0.400. The summed E-state index contributed by atoms with van der Waals surface area (Å²) < 4.78 is 0. The third-order valence-corrected chi connectivity index (χ3v) is 4.89. The lowest BCUT2D eigenvalue weighted by Gasteiger charge is -2.32. The molecule has 0 radical (unpaired) electrons. The molecule has 1 aliphatic heterocycles. The molecule has 2 amide bonds. The van der Waals surface area contributed by atoms with Gasteiger partial charge in [-0.2, -0.15) is 0 Å². The van der Waals surface area contributed by atoms with E-state index in [0.717, 1.165) is 37.4 Å². The highest BCUT2D eigenvalue weighted by atomic mass is 16.2. The summed E-state index contributed by atoms with van der Waals surface area (Å²) in [7, 11) is 3.89. The zero-order chi connectivity index (χ0) is 19.9. The monoisotopic (exact) mass is 382 g/mol. The molecule has 0 unspecified atom stereocenters. The summed E-state index contributed by atoms with van der Waals surface area (Å²) >= 11 is 0. The molecule has 1 aromatic heterocycles. The van der Waals surface area contributed by atoms with Gasteiger partial charge in [-0.25, -0.2) is 4.98 Å². The van der Waals surface area contributed by atoms with Crippen LogP contribution in [0.4, 0.5) is 17.2 Å². The normalized spacial score (nSPS) is 14.4. The Morgan fingerprint density at radius 3 is 2.43 bits per heavy atom. The number of carbonyl (C=O) groups is 2. The van der Waals surface area contributed by atoms with E-state index in [0.29, 0.717) is 18.2 Å². The average molecular weight is 382 g/mol. The maximum Gasteiger partial charge on any atom is 0.313 e. The SMILES string of the molecule is CN(C)c1ccc(NC(=O)C(=O)NCC2CCN(c3cnccn3)CC2)cc1. The van der Waals surface area contributed by atoms with Gasteiger partial charge in [0.2, 0.25) is 0 Å². The van der Waals surface area contributed by atoms with Crippen molar-refractivity contribution in [1.82, 2.24) is 15.3 Å². The van der Waals surface area contributed by atoms with Crippen LogP contribution >= 0.6 is 0 Å². The number of nitrogens with one attached hydrogen (secondary N) is 2. The fourth-order valence-corrected chi connectivity index (χ4v) is 3.17. The summed E-state index contributed by atoms with van der Waals surface area (Å²) in [6.07, 6.45) is 6.98. The molecule has 2 aromatic rings. The minimum Gasteiger partial charge on any atom is -0.378 e. The van der Waals surface area contributed by atoms with E-state index < -0.39 is 11.8 Å². The van der Waals surface area contributed by atoms with Gasteiger partial charge in [0, 0.05) is 57.5 Å². The van der Waals surface area contributed by atoms with E-state index in [-0.39, 0.29) is 0 Å². The van der Waals surface area contributed by atoms with Crippen LogP contribution < -0.4 is 20.4 Å². The number of aromatic nitrogens is 2. The fourth-order valence-electron chi connectivity index (χ4n) is 3.17. The van der Waals surface area contributed by atoms with Crippen molar-refractivity contribution in [3.63, 3.8) is 0 Å². The number of rotatable bonds is 5. The van der Waals surface area contributed by atoms with E-state index in [1.54, 1.807) is 30.7 Å². The molecule has 3 rings (SSSR count). The third-order valence-electron chi connectivity index (χ3n) is 4.89. The largest absolute Gasteiger partial charge is 0.378 e. The minimum absolute atomic E-state index is 0.351. The van der Waals surface area contributed by atoms with Gasteiger partial charge in [0.1, 0.15) is 5.82 Å². The number of piperidine rings is 1. The second-order valence-corrected chi connectivity index (χ2v) is 7.10. The standard InChI is InChI=1S/C20H26N6O2/c1-25(2)17-5-3-16(4-6-17)24-20(28)19(27)23-13-15-7-11-26(12-8-15)18-14-21-9-10-22-18/h3-6,9-10,14-15H,7-8,11-13H2,1-2H3,(H,23,27)(H,24,28). The van der Waals surface area contributed by atoms with Crippen molar-refractivity contribution in [3.8, 4) is 0 Å². The van der Waals surface area contributed by atoms with E-state index >= 15 is 0 Å².